The van der Waals surface area contributed by atoms with Crippen LogP contribution >= 0.6 is 0 Å². The number of hydrogen-bond acceptors (Lipinski definition) is 3. The summed E-state index contributed by atoms with van der Waals surface area (Å²) in [6.45, 7) is 17.6. The van der Waals surface area contributed by atoms with E-state index in [-0.39, 0.29) is 22.0 Å². The van der Waals surface area contributed by atoms with Crippen LogP contribution in [0.1, 0.15) is 90.5 Å². The monoisotopic (exact) mass is 499 g/mol. The van der Waals surface area contributed by atoms with E-state index in [1.165, 1.54) is 27.7 Å². The lowest BCUT2D eigenvalue weighted by Gasteiger charge is -2.66. The third-order valence-corrected chi connectivity index (χ3v) is 12.1. The molecule has 0 unspecified atom stereocenters. The highest BCUT2D eigenvalue weighted by molar-refractivity contribution is 5.97. The Bertz CT molecular complexity index is 1430. The van der Waals surface area contributed by atoms with Gasteiger partial charge in [0.1, 0.15) is 6.10 Å². The maximum atomic E-state index is 13.3. The number of benzene rings is 1. The van der Waals surface area contributed by atoms with Crippen molar-refractivity contribution >= 4 is 16.7 Å². The number of H-pyrrole nitrogens is 1. The van der Waals surface area contributed by atoms with Crippen LogP contribution in [0.25, 0.3) is 10.9 Å². The molecule has 6 atom stereocenters. The van der Waals surface area contributed by atoms with Gasteiger partial charge in [-0.15, -0.1) is 6.58 Å². The van der Waals surface area contributed by atoms with Gasteiger partial charge in [0.15, 0.2) is 5.78 Å². The zero-order valence-electron chi connectivity index (χ0n) is 23.3. The minimum Gasteiger partial charge on any atom is -0.385 e. The lowest BCUT2D eigenvalue weighted by Crippen LogP contribution is -2.69. The van der Waals surface area contributed by atoms with E-state index in [0.29, 0.717) is 12.3 Å². The molecule has 7 rings (SSSR count). The Morgan fingerprint density at radius 2 is 1.92 bits per heavy atom. The lowest BCUT2D eigenvalue weighted by molar-refractivity contribution is -0.196. The number of rotatable bonds is 2. The molecule has 4 nitrogen and oxygen atoms in total. The van der Waals surface area contributed by atoms with Crippen molar-refractivity contribution in [2.24, 2.45) is 16.7 Å². The van der Waals surface area contributed by atoms with Gasteiger partial charge in [0.05, 0.1) is 11.2 Å². The van der Waals surface area contributed by atoms with Crippen LogP contribution in [0.4, 0.5) is 0 Å². The third-order valence-electron chi connectivity index (χ3n) is 12.1. The van der Waals surface area contributed by atoms with Gasteiger partial charge in [-0.2, -0.15) is 0 Å². The molecule has 2 N–H and O–H groups in total. The van der Waals surface area contributed by atoms with Crippen LogP contribution in [0.5, 0.6) is 0 Å². The fourth-order valence-electron chi connectivity index (χ4n) is 9.81. The highest BCUT2D eigenvalue weighted by atomic mass is 16.5. The molecule has 3 heterocycles. The molecule has 2 saturated carbocycles. The average molecular weight is 500 g/mol. The highest BCUT2D eigenvalue weighted by Crippen LogP contribution is 2.72. The standard InChI is InChI=1S/C33H41NO3/c1-8-28(2,3)21-10-9-11-22-25(21)20-16-19-12-13-33(36)24-17-23(35)27-29(4,5)18-32(24,37-27)15-14-30(33,6)31(19,7)26(20)34-22/h8-11,17,19,27,34,36H,1,12-16,18H2,2-7H3/t19-,27-,30+,31+,32-,33+/m0/s1. The van der Waals surface area contributed by atoms with Crippen LogP contribution in [0.2, 0.25) is 0 Å². The minimum atomic E-state index is -1.07. The van der Waals surface area contributed by atoms with Crippen LogP contribution in [-0.2, 0) is 26.8 Å². The molecule has 1 aromatic heterocycles. The Morgan fingerprint density at radius 3 is 2.65 bits per heavy atom. The molecular formula is C33H41NO3. The Labute approximate surface area is 220 Å². The molecule has 2 bridgehead atoms. The first-order valence-corrected chi connectivity index (χ1v) is 14.2. The van der Waals surface area contributed by atoms with E-state index in [0.717, 1.165) is 37.7 Å². The molecule has 2 aliphatic heterocycles. The Kier molecular flexibility index (Phi) is 4.32. The molecule has 3 fully saturated rings. The van der Waals surface area contributed by atoms with Crippen molar-refractivity contribution in [3.8, 4) is 0 Å². The summed E-state index contributed by atoms with van der Waals surface area (Å²) in [5.74, 6) is 0.484. The Hall–Kier alpha value is -2.17. The maximum absolute atomic E-state index is 13.3. The Balaban J connectivity index is 1.43. The lowest BCUT2D eigenvalue weighted by atomic mass is 9.41. The molecular weight excluding hydrogens is 458 g/mol. The third kappa shape index (κ3) is 2.51. The number of aliphatic hydroxyl groups is 1. The predicted molar refractivity (Wildman–Crippen MR) is 147 cm³/mol. The first-order valence-electron chi connectivity index (χ1n) is 14.2. The zero-order valence-corrected chi connectivity index (χ0v) is 23.3. The van der Waals surface area contributed by atoms with E-state index in [9.17, 15) is 9.90 Å². The van der Waals surface area contributed by atoms with E-state index >= 15 is 0 Å². The van der Waals surface area contributed by atoms with Crippen molar-refractivity contribution in [1.29, 1.82) is 0 Å². The molecule has 3 aliphatic carbocycles. The van der Waals surface area contributed by atoms with Crippen molar-refractivity contribution in [2.75, 3.05) is 0 Å². The summed E-state index contributed by atoms with van der Waals surface area (Å²) >= 11 is 0. The van der Waals surface area contributed by atoms with Gasteiger partial charge in [0.25, 0.3) is 0 Å². The summed E-state index contributed by atoms with van der Waals surface area (Å²) in [5, 5.41) is 14.2. The van der Waals surface area contributed by atoms with E-state index in [2.05, 4.69) is 77.4 Å². The number of ether oxygens (including phenoxy) is 1. The number of aromatic nitrogens is 1. The number of fused-ring (bicyclic) bond motifs is 9. The highest BCUT2D eigenvalue weighted by Gasteiger charge is 2.74. The molecule has 2 aromatic rings. The van der Waals surface area contributed by atoms with Crippen LogP contribution in [0.3, 0.4) is 0 Å². The van der Waals surface area contributed by atoms with Gasteiger partial charge < -0.3 is 14.8 Å². The zero-order chi connectivity index (χ0) is 26.4. The van der Waals surface area contributed by atoms with Crippen molar-refractivity contribution in [3.05, 3.63) is 59.3 Å². The molecule has 1 aromatic carbocycles. The van der Waals surface area contributed by atoms with Crippen LogP contribution in [0.15, 0.2) is 42.5 Å². The molecule has 4 heteroatoms. The van der Waals surface area contributed by atoms with Crippen LogP contribution in [0, 0.1) is 16.7 Å². The number of carbonyl (C=O) groups is 1. The fraction of sp³-hybridized carbons (Fsp3) is 0.606. The van der Waals surface area contributed by atoms with Gasteiger partial charge in [-0.05, 0) is 73.3 Å². The smallest absolute Gasteiger partial charge is 0.185 e. The number of allylic oxidation sites excluding steroid dienone is 1. The first-order chi connectivity index (χ1) is 17.2. The molecule has 5 aliphatic rings. The van der Waals surface area contributed by atoms with Crippen molar-refractivity contribution < 1.29 is 14.6 Å². The van der Waals surface area contributed by atoms with Crippen LogP contribution in [-0.4, -0.2) is 33.2 Å². The number of aromatic amines is 1. The van der Waals surface area contributed by atoms with Crippen molar-refractivity contribution in [2.45, 2.75) is 108 Å². The van der Waals surface area contributed by atoms with Gasteiger partial charge in [0, 0.05) is 38.3 Å². The average Bonchev–Trinajstić information content (AvgIpc) is 3.43. The van der Waals surface area contributed by atoms with Gasteiger partial charge in [-0.3, -0.25) is 4.79 Å². The summed E-state index contributed by atoms with van der Waals surface area (Å²) in [5.41, 5.74) is 3.50. The van der Waals surface area contributed by atoms with E-state index in [4.69, 9.17) is 4.74 Å². The quantitative estimate of drug-likeness (QED) is 0.467. The SMILES string of the molecule is C=CC(C)(C)c1cccc2[nH]c3c(c12)C[C@@H]1CC[C@@]2(O)C4=CC(=O)[C@@H]5O[C@@]4(CC[C@]2(C)[C@@]31C)CC5(C)C. The second kappa shape index (κ2) is 6.69. The topological polar surface area (TPSA) is 62.3 Å². The van der Waals surface area contributed by atoms with Crippen LogP contribution < -0.4 is 0 Å². The number of nitrogens with one attached hydrogen (secondary N) is 1. The second-order valence-electron chi connectivity index (χ2n) is 14.6. The van der Waals surface area contributed by atoms with Gasteiger partial charge in [0.2, 0.25) is 0 Å². The van der Waals surface area contributed by atoms with Gasteiger partial charge in [-0.25, -0.2) is 0 Å². The first kappa shape index (κ1) is 23.9. The van der Waals surface area contributed by atoms with E-state index in [1.54, 1.807) is 0 Å². The molecule has 0 amide bonds. The number of ketones is 1. The molecule has 37 heavy (non-hydrogen) atoms. The summed E-state index contributed by atoms with van der Waals surface area (Å²) in [6.07, 6.45) is 8.66. The predicted octanol–water partition coefficient (Wildman–Crippen LogP) is 6.45. The van der Waals surface area contributed by atoms with Gasteiger partial charge in [-0.1, -0.05) is 59.8 Å². The summed E-state index contributed by atoms with van der Waals surface area (Å²) in [6, 6.07) is 6.59. The summed E-state index contributed by atoms with van der Waals surface area (Å²) < 4.78 is 6.61. The van der Waals surface area contributed by atoms with E-state index in [1.807, 2.05) is 6.08 Å². The fourth-order valence-corrected chi connectivity index (χ4v) is 9.81. The normalized spacial score (nSPS) is 41.6. The number of carbonyl (C=O) groups excluding carboxylic acids is 1. The molecule has 1 saturated heterocycles. The summed E-state index contributed by atoms with van der Waals surface area (Å²) in [4.78, 5) is 17.2. The van der Waals surface area contributed by atoms with Crippen molar-refractivity contribution in [1.82, 2.24) is 4.98 Å². The van der Waals surface area contributed by atoms with Crippen molar-refractivity contribution in [3.63, 3.8) is 0 Å². The summed E-state index contributed by atoms with van der Waals surface area (Å²) in [7, 11) is 0. The second-order valence-corrected chi connectivity index (χ2v) is 14.6. The molecule has 196 valence electrons. The largest absolute Gasteiger partial charge is 0.385 e. The molecule has 0 radical (unpaired) electrons. The Morgan fingerprint density at radius 1 is 1.16 bits per heavy atom. The minimum absolute atomic E-state index is 0.0343. The number of hydrogen-bond donors (Lipinski definition) is 2. The van der Waals surface area contributed by atoms with Gasteiger partial charge >= 0.3 is 0 Å². The molecule has 1 spiro atoms. The van der Waals surface area contributed by atoms with E-state index < -0.39 is 22.7 Å². The maximum Gasteiger partial charge on any atom is 0.185 e.